The Morgan fingerprint density at radius 1 is 1.54 bits per heavy atom. The third kappa shape index (κ3) is 2.11. The normalized spacial score (nSPS) is 12.9. The maximum Gasteiger partial charge on any atom is 0.142 e. The Bertz CT molecular complexity index is 317. The van der Waals surface area contributed by atoms with Gasteiger partial charge in [0, 0.05) is 17.7 Å². The van der Waals surface area contributed by atoms with Crippen LogP contribution in [0.15, 0.2) is 12.1 Å². The maximum atomic E-state index is 13.0. The number of nitrogens with one attached hydrogen (secondary N) is 1. The quantitative estimate of drug-likeness (QED) is 0.774. The molecule has 0 bridgehead atoms. The molecule has 0 unspecified atom stereocenters. The average Bonchev–Trinajstić information content (AvgIpc) is 2.10. The number of hydrogen-bond acceptors (Lipinski definition) is 2. The number of benzene rings is 1. The summed E-state index contributed by atoms with van der Waals surface area (Å²) in [4.78, 5) is 0. The third-order valence-electron chi connectivity index (χ3n) is 1.97. The predicted octanol–water partition coefficient (Wildman–Crippen LogP) is 2.47. The molecule has 1 rings (SSSR count). The van der Waals surface area contributed by atoms with Crippen LogP contribution in [0.3, 0.4) is 0 Å². The molecule has 0 spiro atoms. The number of aromatic hydroxyl groups is 1. The Morgan fingerprint density at radius 2 is 2.15 bits per heavy atom. The van der Waals surface area contributed by atoms with Crippen LogP contribution in [0, 0.1) is 5.82 Å². The van der Waals surface area contributed by atoms with Gasteiger partial charge in [0.2, 0.25) is 0 Å². The van der Waals surface area contributed by atoms with Crippen LogP contribution < -0.4 is 5.32 Å². The Labute approximate surface area is 81.3 Å². The van der Waals surface area contributed by atoms with Crippen molar-refractivity contribution in [1.82, 2.24) is 5.32 Å². The van der Waals surface area contributed by atoms with Gasteiger partial charge >= 0.3 is 0 Å². The second-order valence-electron chi connectivity index (χ2n) is 2.84. The van der Waals surface area contributed by atoms with E-state index in [1.165, 1.54) is 12.1 Å². The van der Waals surface area contributed by atoms with E-state index >= 15 is 0 Å². The molecular formula is C9H11ClFNO. The van der Waals surface area contributed by atoms with Crippen molar-refractivity contribution in [3.63, 3.8) is 0 Å². The third-order valence-corrected chi connectivity index (χ3v) is 2.26. The van der Waals surface area contributed by atoms with E-state index < -0.39 is 5.82 Å². The van der Waals surface area contributed by atoms with Crippen molar-refractivity contribution in [2.24, 2.45) is 0 Å². The minimum Gasteiger partial charge on any atom is -0.508 e. The summed E-state index contributed by atoms with van der Waals surface area (Å²) in [5, 5.41) is 12.3. The average molecular weight is 204 g/mol. The first kappa shape index (κ1) is 10.3. The lowest BCUT2D eigenvalue weighted by molar-refractivity contribution is 0.454. The van der Waals surface area contributed by atoms with E-state index in [9.17, 15) is 9.50 Å². The molecule has 0 saturated heterocycles. The molecule has 72 valence electrons. The number of hydrogen-bond donors (Lipinski definition) is 2. The van der Waals surface area contributed by atoms with Gasteiger partial charge in [-0.3, -0.25) is 0 Å². The van der Waals surface area contributed by atoms with Gasteiger partial charge in [-0.1, -0.05) is 11.6 Å². The van der Waals surface area contributed by atoms with Crippen LogP contribution in [0.25, 0.3) is 0 Å². The van der Waals surface area contributed by atoms with Crippen molar-refractivity contribution in [2.75, 3.05) is 7.05 Å². The fraction of sp³-hybridized carbons (Fsp3) is 0.333. The van der Waals surface area contributed by atoms with E-state index in [-0.39, 0.29) is 16.8 Å². The van der Waals surface area contributed by atoms with Crippen LogP contribution in [0.4, 0.5) is 4.39 Å². The molecule has 0 aliphatic carbocycles. The molecular weight excluding hydrogens is 193 g/mol. The van der Waals surface area contributed by atoms with Crippen molar-refractivity contribution < 1.29 is 9.50 Å². The van der Waals surface area contributed by atoms with E-state index in [1.807, 2.05) is 6.92 Å². The lowest BCUT2D eigenvalue weighted by Gasteiger charge is -2.12. The van der Waals surface area contributed by atoms with Crippen LogP contribution >= 0.6 is 11.6 Å². The molecule has 0 aliphatic rings. The van der Waals surface area contributed by atoms with Crippen molar-refractivity contribution in [3.8, 4) is 5.75 Å². The first-order chi connectivity index (χ1) is 6.06. The fourth-order valence-corrected chi connectivity index (χ4v) is 1.21. The highest BCUT2D eigenvalue weighted by Crippen LogP contribution is 2.29. The largest absolute Gasteiger partial charge is 0.508 e. The van der Waals surface area contributed by atoms with Gasteiger partial charge in [0.15, 0.2) is 0 Å². The lowest BCUT2D eigenvalue weighted by Crippen LogP contribution is -2.12. The summed E-state index contributed by atoms with van der Waals surface area (Å²) in [6.07, 6.45) is 0. The highest BCUT2D eigenvalue weighted by atomic mass is 35.5. The van der Waals surface area contributed by atoms with Gasteiger partial charge in [0.25, 0.3) is 0 Å². The van der Waals surface area contributed by atoms with Gasteiger partial charge in [-0.25, -0.2) is 4.39 Å². The predicted molar refractivity (Wildman–Crippen MR) is 50.5 cm³/mol. The Balaban J connectivity index is 3.15. The minimum absolute atomic E-state index is 0.00764. The maximum absolute atomic E-state index is 13.0. The van der Waals surface area contributed by atoms with Crippen molar-refractivity contribution >= 4 is 11.6 Å². The summed E-state index contributed by atoms with van der Waals surface area (Å²) in [5.74, 6) is -0.509. The minimum atomic E-state index is -0.517. The number of phenols is 1. The number of rotatable bonds is 2. The van der Waals surface area contributed by atoms with E-state index in [4.69, 9.17) is 11.6 Å². The molecule has 0 fully saturated rings. The number of phenolic OH excluding ortho intramolecular Hbond substituents is 1. The zero-order chi connectivity index (χ0) is 10.0. The molecule has 1 atom stereocenters. The van der Waals surface area contributed by atoms with Crippen molar-refractivity contribution in [2.45, 2.75) is 13.0 Å². The van der Waals surface area contributed by atoms with E-state index in [1.54, 1.807) is 7.05 Å². The van der Waals surface area contributed by atoms with E-state index in [0.717, 1.165) is 0 Å². The monoisotopic (exact) mass is 203 g/mol. The summed E-state index contributed by atoms with van der Waals surface area (Å²) in [6.45, 7) is 1.82. The molecule has 0 radical (unpaired) electrons. The molecule has 0 saturated carbocycles. The van der Waals surface area contributed by atoms with Crippen LogP contribution in [0.1, 0.15) is 18.5 Å². The van der Waals surface area contributed by atoms with Crippen LogP contribution in [-0.4, -0.2) is 12.2 Å². The SMILES string of the molecule is CN[C@H](C)c1cc(F)c(Cl)cc1O. The first-order valence-corrected chi connectivity index (χ1v) is 4.29. The standard InChI is InChI=1S/C9H11ClFNO/c1-5(12-2)6-3-8(11)7(10)4-9(6)13/h3-5,12-13H,1-2H3/t5-/m1/s1. The Kier molecular flexibility index (Phi) is 3.12. The second-order valence-corrected chi connectivity index (χ2v) is 3.24. The van der Waals surface area contributed by atoms with Crippen molar-refractivity contribution in [1.29, 1.82) is 0 Å². The van der Waals surface area contributed by atoms with Gasteiger partial charge in [-0.15, -0.1) is 0 Å². The van der Waals surface area contributed by atoms with E-state index in [0.29, 0.717) is 5.56 Å². The highest BCUT2D eigenvalue weighted by Gasteiger charge is 2.11. The zero-order valence-corrected chi connectivity index (χ0v) is 8.19. The molecule has 13 heavy (non-hydrogen) atoms. The topological polar surface area (TPSA) is 32.3 Å². The highest BCUT2D eigenvalue weighted by molar-refractivity contribution is 6.30. The number of halogens is 2. The summed E-state index contributed by atoms with van der Waals surface area (Å²) in [7, 11) is 1.73. The molecule has 2 N–H and O–H groups in total. The zero-order valence-electron chi connectivity index (χ0n) is 7.44. The summed E-state index contributed by atoms with van der Waals surface area (Å²) in [6, 6.07) is 2.34. The Morgan fingerprint density at radius 3 is 2.69 bits per heavy atom. The molecule has 1 aromatic rings. The molecule has 2 nitrogen and oxygen atoms in total. The molecule has 0 aromatic heterocycles. The molecule has 0 amide bonds. The smallest absolute Gasteiger partial charge is 0.142 e. The van der Waals surface area contributed by atoms with E-state index in [2.05, 4.69) is 5.32 Å². The molecule has 0 heterocycles. The van der Waals surface area contributed by atoms with Crippen LogP contribution in [0.2, 0.25) is 5.02 Å². The van der Waals surface area contributed by atoms with Gasteiger partial charge in [-0.05, 0) is 20.0 Å². The van der Waals surface area contributed by atoms with Gasteiger partial charge in [0.05, 0.1) is 5.02 Å². The molecule has 4 heteroatoms. The summed E-state index contributed by atoms with van der Waals surface area (Å²) >= 11 is 5.48. The molecule has 1 aromatic carbocycles. The van der Waals surface area contributed by atoms with Gasteiger partial charge in [0.1, 0.15) is 11.6 Å². The van der Waals surface area contributed by atoms with Crippen LogP contribution in [0.5, 0.6) is 5.75 Å². The fourth-order valence-electron chi connectivity index (χ4n) is 1.05. The van der Waals surface area contributed by atoms with Crippen molar-refractivity contribution in [3.05, 3.63) is 28.5 Å². The summed E-state index contributed by atoms with van der Waals surface area (Å²) < 4.78 is 13.0. The first-order valence-electron chi connectivity index (χ1n) is 3.91. The van der Waals surface area contributed by atoms with Gasteiger partial charge in [-0.2, -0.15) is 0 Å². The summed E-state index contributed by atoms with van der Waals surface area (Å²) in [5.41, 5.74) is 0.504. The van der Waals surface area contributed by atoms with Crippen LogP contribution in [-0.2, 0) is 0 Å². The molecule has 0 aliphatic heterocycles. The van der Waals surface area contributed by atoms with Gasteiger partial charge < -0.3 is 10.4 Å². The Hall–Kier alpha value is -0.800. The second kappa shape index (κ2) is 3.94. The lowest BCUT2D eigenvalue weighted by atomic mass is 10.1.